The first kappa shape index (κ1) is 13.7. The first-order valence-corrected chi connectivity index (χ1v) is 7.11. The minimum absolute atomic E-state index is 0.0266. The lowest BCUT2D eigenvalue weighted by molar-refractivity contribution is 0.650. The Kier molecular flexibility index (Phi) is 3.89. The molecular formula is C18H14ClNO. The van der Waals surface area contributed by atoms with Gasteiger partial charge in [-0.25, -0.2) is 0 Å². The summed E-state index contributed by atoms with van der Waals surface area (Å²) in [5.41, 5.74) is 2.06. The lowest BCUT2D eigenvalue weighted by atomic mass is 9.98. The molecule has 1 atom stereocenters. The van der Waals surface area contributed by atoms with Crippen molar-refractivity contribution >= 4 is 11.6 Å². The van der Waals surface area contributed by atoms with Gasteiger partial charge >= 0.3 is 0 Å². The molecule has 2 nitrogen and oxygen atoms in total. The van der Waals surface area contributed by atoms with Crippen LogP contribution in [0.15, 0.2) is 83.8 Å². The fourth-order valence-corrected chi connectivity index (χ4v) is 2.57. The average molecular weight is 296 g/mol. The van der Waals surface area contributed by atoms with Crippen molar-refractivity contribution in [3.05, 3.63) is 105 Å². The van der Waals surface area contributed by atoms with Crippen LogP contribution in [0.2, 0.25) is 5.02 Å². The second-order valence-electron chi connectivity index (χ2n) is 4.81. The van der Waals surface area contributed by atoms with E-state index in [9.17, 15) is 4.79 Å². The topological polar surface area (TPSA) is 22.0 Å². The van der Waals surface area contributed by atoms with Crippen molar-refractivity contribution in [3.8, 4) is 0 Å². The Hall–Kier alpha value is -2.32. The SMILES string of the molecule is O=c1ccccn1C(c1ccccc1)c1ccc(Cl)cc1. The second-order valence-corrected chi connectivity index (χ2v) is 5.25. The zero-order valence-electron chi connectivity index (χ0n) is 11.3. The van der Waals surface area contributed by atoms with E-state index < -0.39 is 0 Å². The van der Waals surface area contributed by atoms with Crippen LogP contribution >= 0.6 is 11.6 Å². The van der Waals surface area contributed by atoms with E-state index in [2.05, 4.69) is 0 Å². The van der Waals surface area contributed by atoms with Gasteiger partial charge in [0.2, 0.25) is 0 Å². The van der Waals surface area contributed by atoms with E-state index in [1.807, 2.05) is 66.9 Å². The van der Waals surface area contributed by atoms with Crippen LogP contribution in [0.4, 0.5) is 0 Å². The van der Waals surface area contributed by atoms with Crippen molar-refractivity contribution in [2.24, 2.45) is 0 Å². The molecule has 0 saturated carbocycles. The van der Waals surface area contributed by atoms with E-state index in [1.165, 1.54) is 0 Å². The summed E-state index contributed by atoms with van der Waals surface area (Å²) in [7, 11) is 0. The minimum atomic E-state index is -0.155. The van der Waals surface area contributed by atoms with Crippen molar-refractivity contribution in [2.45, 2.75) is 6.04 Å². The van der Waals surface area contributed by atoms with Crippen molar-refractivity contribution in [1.29, 1.82) is 0 Å². The lowest BCUT2D eigenvalue weighted by Crippen LogP contribution is -2.24. The van der Waals surface area contributed by atoms with E-state index >= 15 is 0 Å². The molecule has 0 aliphatic heterocycles. The molecule has 0 saturated heterocycles. The van der Waals surface area contributed by atoms with Crippen LogP contribution in [-0.2, 0) is 0 Å². The number of hydrogen-bond donors (Lipinski definition) is 0. The number of aromatic nitrogens is 1. The molecule has 1 heterocycles. The summed E-state index contributed by atoms with van der Waals surface area (Å²) in [6.45, 7) is 0. The summed E-state index contributed by atoms with van der Waals surface area (Å²) < 4.78 is 1.73. The minimum Gasteiger partial charge on any atom is -0.304 e. The smallest absolute Gasteiger partial charge is 0.251 e. The summed E-state index contributed by atoms with van der Waals surface area (Å²) >= 11 is 5.97. The summed E-state index contributed by atoms with van der Waals surface area (Å²) in [6, 6.07) is 22.6. The summed E-state index contributed by atoms with van der Waals surface area (Å²) in [5, 5.41) is 0.686. The molecule has 0 spiro atoms. The van der Waals surface area contributed by atoms with Crippen LogP contribution < -0.4 is 5.56 Å². The van der Waals surface area contributed by atoms with Crippen LogP contribution in [0.3, 0.4) is 0 Å². The highest BCUT2D eigenvalue weighted by atomic mass is 35.5. The number of nitrogens with zero attached hydrogens (tertiary/aromatic N) is 1. The molecule has 3 aromatic rings. The quantitative estimate of drug-likeness (QED) is 0.712. The van der Waals surface area contributed by atoms with Crippen molar-refractivity contribution in [1.82, 2.24) is 4.57 Å². The molecule has 0 amide bonds. The molecule has 0 aliphatic carbocycles. The molecule has 0 N–H and O–H groups in total. The van der Waals surface area contributed by atoms with Gasteiger partial charge in [0, 0.05) is 17.3 Å². The standard InChI is InChI=1S/C18H14ClNO/c19-16-11-9-15(10-12-16)18(14-6-2-1-3-7-14)20-13-5-4-8-17(20)21/h1-13,18H. The van der Waals surface area contributed by atoms with Crippen LogP contribution in [-0.4, -0.2) is 4.57 Å². The molecule has 0 aliphatic rings. The normalized spacial score (nSPS) is 12.0. The second kappa shape index (κ2) is 5.98. The molecular weight excluding hydrogens is 282 g/mol. The lowest BCUT2D eigenvalue weighted by Gasteiger charge is -2.21. The van der Waals surface area contributed by atoms with Gasteiger partial charge in [-0.3, -0.25) is 4.79 Å². The third-order valence-corrected chi connectivity index (χ3v) is 3.68. The molecule has 0 bridgehead atoms. The Labute approximate surface area is 128 Å². The number of halogens is 1. The summed E-state index contributed by atoms with van der Waals surface area (Å²) in [5.74, 6) is 0. The number of hydrogen-bond acceptors (Lipinski definition) is 1. The van der Waals surface area contributed by atoms with Crippen LogP contribution in [0.25, 0.3) is 0 Å². The summed E-state index contributed by atoms with van der Waals surface area (Å²) in [4.78, 5) is 12.2. The van der Waals surface area contributed by atoms with Gasteiger partial charge in [-0.15, -0.1) is 0 Å². The highest BCUT2D eigenvalue weighted by molar-refractivity contribution is 6.30. The van der Waals surface area contributed by atoms with Crippen LogP contribution in [0.5, 0.6) is 0 Å². The molecule has 0 radical (unpaired) electrons. The fourth-order valence-electron chi connectivity index (χ4n) is 2.45. The molecule has 0 fully saturated rings. The molecule has 104 valence electrons. The van der Waals surface area contributed by atoms with Crippen molar-refractivity contribution in [3.63, 3.8) is 0 Å². The Bertz CT molecular complexity index is 778. The highest BCUT2D eigenvalue weighted by Gasteiger charge is 2.16. The maximum atomic E-state index is 12.2. The van der Waals surface area contributed by atoms with E-state index in [0.29, 0.717) is 5.02 Å². The first-order chi connectivity index (χ1) is 10.3. The predicted molar refractivity (Wildman–Crippen MR) is 85.8 cm³/mol. The van der Waals surface area contributed by atoms with E-state index in [1.54, 1.807) is 16.7 Å². The average Bonchev–Trinajstić information content (AvgIpc) is 2.52. The third kappa shape index (κ3) is 2.91. The number of rotatable bonds is 3. The van der Waals surface area contributed by atoms with Crippen molar-refractivity contribution in [2.75, 3.05) is 0 Å². The number of benzene rings is 2. The van der Waals surface area contributed by atoms with Gasteiger partial charge in [0.1, 0.15) is 0 Å². The van der Waals surface area contributed by atoms with Gasteiger partial charge in [0.15, 0.2) is 0 Å². The Morgan fingerprint density at radius 3 is 2.05 bits per heavy atom. The zero-order valence-corrected chi connectivity index (χ0v) is 12.1. The van der Waals surface area contributed by atoms with E-state index in [0.717, 1.165) is 11.1 Å². The van der Waals surface area contributed by atoms with Gasteiger partial charge in [-0.05, 0) is 29.3 Å². The van der Waals surface area contributed by atoms with Crippen molar-refractivity contribution < 1.29 is 0 Å². The monoisotopic (exact) mass is 295 g/mol. The zero-order chi connectivity index (χ0) is 14.7. The van der Waals surface area contributed by atoms with E-state index in [-0.39, 0.29) is 11.6 Å². The maximum absolute atomic E-state index is 12.2. The fraction of sp³-hybridized carbons (Fsp3) is 0.0556. The van der Waals surface area contributed by atoms with Crippen LogP contribution in [0.1, 0.15) is 17.2 Å². The molecule has 2 aromatic carbocycles. The largest absolute Gasteiger partial charge is 0.304 e. The molecule has 3 heteroatoms. The van der Waals surface area contributed by atoms with Gasteiger partial charge in [-0.2, -0.15) is 0 Å². The highest BCUT2D eigenvalue weighted by Crippen LogP contribution is 2.26. The molecule has 3 rings (SSSR count). The van der Waals surface area contributed by atoms with Gasteiger partial charge in [0.25, 0.3) is 5.56 Å². The van der Waals surface area contributed by atoms with Gasteiger partial charge < -0.3 is 4.57 Å². The third-order valence-electron chi connectivity index (χ3n) is 3.43. The molecule has 1 aromatic heterocycles. The number of pyridine rings is 1. The van der Waals surface area contributed by atoms with Gasteiger partial charge in [0.05, 0.1) is 6.04 Å². The summed E-state index contributed by atoms with van der Waals surface area (Å²) in [6.07, 6.45) is 1.81. The van der Waals surface area contributed by atoms with Crippen LogP contribution in [0, 0.1) is 0 Å². The Morgan fingerprint density at radius 1 is 0.762 bits per heavy atom. The molecule has 1 unspecified atom stereocenters. The molecule has 21 heavy (non-hydrogen) atoms. The predicted octanol–water partition coefficient (Wildman–Crippen LogP) is 4.14. The Balaban J connectivity index is 2.19. The van der Waals surface area contributed by atoms with Gasteiger partial charge in [-0.1, -0.05) is 60.1 Å². The maximum Gasteiger partial charge on any atom is 0.251 e. The Morgan fingerprint density at radius 2 is 1.38 bits per heavy atom. The van der Waals surface area contributed by atoms with E-state index in [4.69, 9.17) is 11.6 Å². The first-order valence-electron chi connectivity index (χ1n) is 6.73.